The van der Waals surface area contributed by atoms with E-state index in [0.717, 1.165) is 26.6 Å². The summed E-state index contributed by atoms with van der Waals surface area (Å²) >= 11 is 1.52. The zero-order valence-corrected chi connectivity index (χ0v) is 13.8. The minimum Gasteiger partial charge on any atom is -0.491 e. The molecule has 122 valence electrons. The molecule has 24 heavy (non-hydrogen) atoms. The van der Waals surface area contributed by atoms with Gasteiger partial charge in [0.25, 0.3) is 0 Å². The van der Waals surface area contributed by atoms with Gasteiger partial charge in [-0.3, -0.25) is 4.40 Å². The SMILES string of the molecule is COc1ccc2c(n1)sc1nc(-c3cccc(OCCO)c3)cn12. The van der Waals surface area contributed by atoms with Crippen LogP contribution in [-0.2, 0) is 0 Å². The van der Waals surface area contributed by atoms with Crippen LogP contribution in [0.25, 0.3) is 26.6 Å². The number of methoxy groups -OCH3 is 1. The number of hydrogen-bond acceptors (Lipinski definition) is 6. The molecule has 3 heterocycles. The van der Waals surface area contributed by atoms with Gasteiger partial charge >= 0.3 is 0 Å². The zero-order valence-electron chi connectivity index (χ0n) is 13.0. The van der Waals surface area contributed by atoms with Gasteiger partial charge in [0, 0.05) is 17.8 Å². The predicted octanol–water partition coefficient (Wildman–Crippen LogP) is 2.99. The summed E-state index contributed by atoms with van der Waals surface area (Å²) in [7, 11) is 1.61. The standard InChI is InChI=1S/C17H15N3O3S/c1-22-15-6-5-14-16(19-15)24-17-18-13(10-20(14)17)11-3-2-4-12(9-11)23-8-7-21/h2-6,9-10,21H,7-8H2,1H3. The minimum atomic E-state index is -0.00705. The van der Waals surface area contributed by atoms with E-state index in [-0.39, 0.29) is 13.2 Å². The lowest BCUT2D eigenvalue weighted by molar-refractivity contribution is 0.201. The van der Waals surface area contributed by atoms with Crippen LogP contribution in [0.4, 0.5) is 0 Å². The first-order valence-electron chi connectivity index (χ1n) is 7.45. The molecule has 0 unspecified atom stereocenters. The molecule has 0 radical (unpaired) electrons. The molecule has 0 bridgehead atoms. The van der Waals surface area contributed by atoms with Crippen LogP contribution < -0.4 is 9.47 Å². The number of pyridine rings is 1. The Morgan fingerprint density at radius 3 is 2.96 bits per heavy atom. The maximum absolute atomic E-state index is 8.87. The van der Waals surface area contributed by atoms with E-state index in [4.69, 9.17) is 19.6 Å². The summed E-state index contributed by atoms with van der Waals surface area (Å²) in [6.07, 6.45) is 1.99. The molecule has 0 amide bonds. The van der Waals surface area contributed by atoms with Gasteiger partial charge in [-0.1, -0.05) is 23.5 Å². The third kappa shape index (κ3) is 2.57. The van der Waals surface area contributed by atoms with Crippen LogP contribution in [0.3, 0.4) is 0 Å². The highest BCUT2D eigenvalue weighted by Gasteiger charge is 2.12. The first-order valence-corrected chi connectivity index (χ1v) is 8.27. The normalized spacial score (nSPS) is 11.2. The second-order valence-corrected chi connectivity index (χ2v) is 6.11. The molecule has 1 N–H and O–H groups in total. The fourth-order valence-corrected chi connectivity index (χ4v) is 3.50. The molecule has 0 aliphatic rings. The monoisotopic (exact) mass is 341 g/mol. The Balaban J connectivity index is 1.75. The largest absolute Gasteiger partial charge is 0.491 e. The van der Waals surface area contributed by atoms with Crippen molar-refractivity contribution in [3.63, 3.8) is 0 Å². The Labute approximate surface area is 141 Å². The molecule has 0 saturated carbocycles. The first-order chi connectivity index (χ1) is 11.8. The Bertz CT molecular complexity index is 1010. The fraction of sp³-hybridized carbons (Fsp3) is 0.176. The number of hydrogen-bond donors (Lipinski definition) is 1. The lowest BCUT2D eigenvalue weighted by atomic mass is 10.1. The van der Waals surface area contributed by atoms with Crippen molar-refractivity contribution in [2.45, 2.75) is 0 Å². The summed E-state index contributed by atoms with van der Waals surface area (Å²) in [4.78, 5) is 10.9. The van der Waals surface area contributed by atoms with E-state index in [0.29, 0.717) is 11.6 Å². The van der Waals surface area contributed by atoms with Gasteiger partial charge in [0.15, 0.2) is 4.96 Å². The van der Waals surface area contributed by atoms with Crippen LogP contribution >= 0.6 is 11.3 Å². The Hall–Kier alpha value is -2.64. The minimum absolute atomic E-state index is 0.00705. The summed E-state index contributed by atoms with van der Waals surface area (Å²) in [6.45, 7) is 0.271. The number of aliphatic hydroxyl groups excluding tert-OH is 1. The molecule has 6 nitrogen and oxygen atoms in total. The van der Waals surface area contributed by atoms with E-state index in [2.05, 4.69) is 4.98 Å². The lowest BCUT2D eigenvalue weighted by Gasteiger charge is -2.05. The number of nitrogens with zero attached hydrogens (tertiary/aromatic N) is 3. The van der Waals surface area contributed by atoms with E-state index in [1.54, 1.807) is 7.11 Å². The maximum Gasteiger partial charge on any atom is 0.214 e. The number of fused-ring (bicyclic) bond motifs is 3. The lowest BCUT2D eigenvalue weighted by Crippen LogP contribution is -2.01. The maximum atomic E-state index is 8.87. The molecule has 0 fully saturated rings. The summed E-state index contributed by atoms with van der Waals surface area (Å²) in [6, 6.07) is 11.5. The Kier molecular flexibility index (Phi) is 3.79. The summed E-state index contributed by atoms with van der Waals surface area (Å²) in [5.74, 6) is 1.31. The van der Waals surface area contributed by atoms with Crippen LogP contribution in [0.15, 0.2) is 42.6 Å². The van der Waals surface area contributed by atoms with Gasteiger partial charge < -0.3 is 14.6 Å². The average molecular weight is 341 g/mol. The van der Waals surface area contributed by atoms with Crippen molar-refractivity contribution < 1.29 is 14.6 Å². The predicted molar refractivity (Wildman–Crippen MR) is 92.9 cm³/mol. The number of aliphatic hydroxyl groups is 1. The number of benzene rings is 1. The van der Waals surface area contributed by atoms with E-state index < -0.39 is 0 Å². The number of ether oxygens (including phenoxy) is 2. The summed E-state index contributed by atoms with van der Waals surface area (Å²) < 4.78 is 12.7. The van der Waals surface area contributed by atoms with Gasteiger partial charge in [0.2, 0.25) is 5.88 Å². The molecule has 0 atom stereocenters. The smallest absolute Gasteiger partial charge is 0.214 e. The number of aromatic nitrogens is 3. The number of thiazole rings is 1. The second-order valence-electron chi connectivity index (χ2n) is 5.16. The van der Waals surface area contributed by atoms with Gasteiger partial charge in [0.1, 0.15) is 17.2 Å². The van der Waals surface area contributed by atoms with Crippen LogP contribution in [-0.4, -0.2) is 39.8 Å². The molecule has 7 heteroatoms. The van der Waals surface area contributed by atoms with Gasteiger partial charge in [0.05, 0.1) is 24.9 Å². The van der Waals surface area contributed by atoms with Crippen molar-refractivity contribution in [2.75, 3.05) is 20.3 Å². The molecule has 0 spiro atoms. The molecule has 1 aromatic carbocycles. The highest BCUT2D eigenvalue weighted by molar-refractivity contribution is 7.23. The third-order valence-corrected chi connectivity index (χ3v) is 4.60. The summed E-state index contributed by atoms with van der Waals surface area (Å²) in [5, 5.41) is 8.87. The van der Waals surface area contributed by atoms with Crippen LogP contribution in [0.5, 0.6) is 11.6 Å². The third-order valence-electron chi connectivity index (χ3n) is 3.63. The molecular weight excluding hydrogens is 326 g/mol. The molecule has 4 aromatic rings. The number of rotatable bonds is 5. The molecule has 4 rings (SSSR count). The van der Waals surface area contributed by atoms with E-state index >= 15 is 0 Å². The van der Waals surface area contributed by atoms with Gasteiger partial charge in [-0.2, -0.15) is 0 Å². The second kappa shape index (κ2) is 6.10. The number of imidazole rings is 1. The highest BCUT2D eigenvalue weighted by atomic mass is 32.1. The molecule has 0 aliphatic heterocycles. The van der Waals surface area contributed by atoms with Crippen LogP contribution in [0.2, 0.25) is 0 Å². The molecule has 0 saturated heterocycles. The van der Waals surface area contributed by atoms with E-state index in [9.17, 15) is 0 Å². The van der Waals surface area contributed by atoms with Crippen molar-refractivity contribution >= 4 is 26.6 Å². The van der Waals surface area contributed by atoms with Crippen molar-refractivity contribution in [1.82, 2.24) is 14.4 Å². The van der Waals surface area contributed by atoms with E-state index in [1.165, 1.54) is 11.3 Å². The van der Waals surface area contributed by atoms with Crippen molar-refractivity contribution in [3.8, 4) is 22.9 Å². The average Bonchev–Trinajstić information content (AvgIpc) is 3.17. The Morgan fingerprint density at radius 2 is 2.12 bits per heavy atom. The van der Waals surface area contributed by atoms with Crippen molar-refractivity contribution in [1.29, 1.82) is 0 Å². The Morgan fingerprint density at radius 1 is 1.21 bits per heavy atom. The highest BCUT2D eigenvalue weighted by Crippen LogP contribution is 2.30. The van der Waals surface area contributed by atoms with Gasteiger partial charge in [-0.15, -0.1) is 0 Å². The van der Waals surface area contributed by atoms with Crippen LogP contribution in [0, 0.1) is 0 Å². The van der Waals surface area contributed by atoms with Crippen LogP contribution in [0.1, 0.15) is 0 Å². The molecular formula is C17H15N3O3S. The fourth-order valence-electron chi connectivity index (χ4n) is 2.53. The quantitative estimate of drug-likeness (QED) is 0.604. The van der Waals surface area contributed by atoms with Crippen molar-refractivity contribution in [2.24, 2.45) is 0 Å². The first kappa shape index (κ1) is 14.9. The van der Waals surface area contributed by atoms with E-state index in [1.807, 2.05) is 47.0 Å². The molecule has 3 aromatic heterocycles. The molecule has 0 aliphatic carbocycles. The van der Waals surface area contributed by atoms with Crippen molar-refractivity contribution in [3.05, 3.63) is 42.6 Å². The topological polar surface area (TPSA) is 68.9 Å². The summed E-state index contributed by atoms with van der Waals surface area (Å²) in [5.41, 5.74) is 2.84. The zero-order chi connectivity index (χ0) is 16.5. The van der Waals surface area contributed by atoms with Gasteiger partial charge in [-0.05, 0) is 18.2 Å². The van der Waals surface area contributed by atoms with Gasteiger partial charge in [-0.25, -0.2) is 9.97 Å².